The van der Waals surface area contributed by atoms with E-state index in [1.807, 2.05) is 37.4 Å². The number of benzene rings is 1. The number of nitrogens with one attached hydrogen (secondary N) is 1. The molecule has 0 radical (unpaired) electrons. The number of ether oxygens (including phenoxy) is 1. The Hall–Kier alpha value is -1.02. The summed E-state index contributed by atoms with van der Waals surface area (Å²) < 4.78 is 5.57. The summed E-state index contributed by atoms with van der Waals surface area (Å²) in [5.74, 6) is 0.973. The minimum absolute atomic E-state index is 0.827. The molecule has 0 aromatic heterocycles. The highest BCUT2D eigenvalue weighted by Gasteiger charge is 1.91. The summed E-state index contributed by atoms with van der Waals surface area (Å²) in [6, 6.07) is 9.98. The van der Waals surface area contributed by atoms with Gasteiger partial charge in [0.05, 0.1) is 6.61 Å². The van der Waals surface area contributed by atoms with Gasteiger partial charge in [-0.3, -0.25) is 0 Å². The van der Waals surface area contributed by atoms with Crippen LogP contribution >= 0.6 is 0 Å². The fraction of sp³-hybridized carbons (Fsp3) is 0.500. The molecule has 0 spiro atoms. The van der Waals surface area contributed by atoms with Crippen LogP contribution in [0.3, 0.4) is 0 Å². The van der Waals surface area contributed by atoms with Gasteiger partial charge in [0.25, 0.3) is 0 Å². The van der Waals surface area contributed by atoms with Crippen LogP contribution in [-0.4, -0.2) is 20.2 Å². The maximum Gasteiger partial charge on any atom is 0.119 e. The average Bonchev–Trinajstić information content (AvgIpc) is 2.25. The zero-order chi connectivity index (χ0) is 10.1. The van der Waals surface area contributed by atoms with E-state index in [0.717, 1.165) is 25.3 Å². The van der Waals surface area contributed by atoms with Crippen LogP contribution in [0.25, 0.3) is 0 Å². The van der Waals surface area contributed by atoms with E-state index in [9.17, 15) is 0 Å². The predicted octanol–water partition coefficient (Wildman–Crippen LogP) is 2.46. The van der Waals surface area contributed by atoms with Gasteiger partial charge < -0.3 is 10.1 Å². The van der Waals surface area contributed by atoms with Crippen molar-refractivity contribution in [2.75, 3.05) is 20.2 Å². The lowest BCUT2D eigenvalue weighted by Crippen LogP contribution is -2.07. The molecule has 0 aliphatic carbocycles. The van der Waals surface area contributed by atoms with Gasteiger partial charge in [-0.1, -0.05) is 18.2 Å². The van der Waals surface area contributed by atoms with E-state index in [0.29, 0.717) is 0 Å². The zero-order valence-corrected chi connectivity index (χ0v) is 8.83. The lowest BCUT2D eigenvalue weighted by molar-refractivity contribution is 0.305. The van der Waals surface area contributed by atoms with Crippen molar-refractivity contribution in [1.82, 2.24) is 5.32 Å². The van der Waals surface area contributed by atoms with Crippen LogP contribution in [0.5, 0.6) is 5.75 Å². The van der Waals surface area contributed by atoms with Gasteiger partial charge in [0.1, 0.15) is 5.75 Å². The Morgan fingerprint density at radius 2 is 1.86 bits per heavy atom. The molecule has 14 heavy (non-hydrogen) atoms. The standard InChI is InChI=1S/C12H19NO/c1-13-10-6-3-7-11-14-12-8-4-2-5-9-12/h2,4-5,8-9,13H,3,6-7,10-11H2,1H3. The quantitative estimate of drug-likeness (QED) is 0.672. The Bertz CT molecular complexity index is 223. The molecular weight excluding hydrogens is 174 g/mol. The molecule has 2 nitrogen and oxygen atoms in total. The number of hydrogen-bond donors (Lipinski definition) is 1. The predicted molar refractivity (Wildman–Crippen MR) is 59.7 cm³/mol. The first kappa shape index (κ1) is 11.1. The highest BCUT2D eigenvalue weighted by molar-refractivity contribution is 5.20. The van der Waals surface area contributed by atoms with Crippen LogP contribution in [0.2, 0.25) is 0 Å². The zero-order valence-electron chi connectivity index (χ0n) is 8.83. The molecule has 0 aliphatic rings. The topological polar surface area (TPSA) is 21.3 Å². The van der Waals surface area contributed by atoms with Crippen LogP contribution in [0, 0.1) is 0 Å². The number of para-hydroxylation sites is 1. The molecule has 0 saturated heterocycles. The van der Waals surface area contributed by atoms with E-state index in [2.05, 4.69) is 5.32 Å². The third-order valence-corrected chi connectivity index (χ3v) is 2.08. The first-order valence-corrected chi connectivity index (χ1v) is 5.26. The second-order valence-corrected chi connectivity index (χ2v) is 3.33. The van der Waals surface area contributed by atoms with Crippen LogP contribution < -0.4 is 10.1 Å². The molecule has 1 rings (SSSR count). The molecule has 1 N–H and O–H groups in total. The van der Waals surface area contributed by atoms with Crippen molar-refractivity contribution < 1.29 is 4.74 Å². The van der Waals surface area contributed by atoms with Gasteiger partial charge in [-0.15, -0.1) is 0 Å². The Morgan fingerprint density at radius 3 is 2.57 bits per heavy atom. The second-order valence-electron chi connectivity index (χ2n) is 3.33. The molecule has 0 aliphatic heterocycles. The first-order chi connectivity index (χ1) is 6.93. The van der Waals surface area contributed by atoms with E-state index >= 15 is 0 Å². The molecule has 0 atom stereocenters. The summed E-state index contributed by atoms with van der Waals surface area (Å²) in [7, 11) is 1.99. The van der Waals surface area contributed by atoms with Crippen LogP contribution in [-0.2, 0) is 0 Å². The molecule has 0 fully saturated rings. The van der Waals surface area contributed by atoms with E-state index in [4.69, 9.17) is 4.74 Å². The molecule has 78 valence electrons. The summed E-state index contributed by atoms with van der Waals surface area (Å²) in [6.45, 7) is 1.93. The van der Waals surface area contributed by atoms with Crippen LogP contribution in [0.4, 0.5) is 0 Å². The van der Waals surface area contributed by atoms with Gasteiger partial charge in [-0.25, -0.2) is 0 Å². The summed E-state index contributed by atoms with van der Waals surface area (Å²) in [5, 5.41) is 3.14. The van der Waals surface area contributed by atoms with E-state index in [1.54, 1.807) is 0 Å². The van der Waals surface area contributed by atoms with Crippen LogP contribution in [0.15, 0.2) is 30.3 Å². The van der Waals surface area contributed by atoms with Crippen molar-refractivity contribution in [2.45, 2.75) is 19.3 Å². The lowest BCUT2D eigenvalue weighted by atomic mass is 10.2. The van der Waals surface area contributed by atoms with Crippen molar-refractivity contribution in [1.29, 1.82) is 0 Å². The van der Waals surface area contributed by atoms with Crippen molar-refractivity contribution in [3.05, 3.63) is 30.3 Å². The maximum absolute atomic E-state index is 5.57. The highest BCUT2D eigenvalue weighted by atomic mass is 16.5. The van der Waals surface area contributed by atoms with Crippen molar-refractivity contribution in [3.63, 3.8) is 0 Å². The van der Waals surface area contributed by atoms with E-state index in [1.165, 1.54) is 12.8 Å². The molecule has 1 aromatic rings. The third kappa shape index (κ3) is 4.87. The molecule has 0 amide bonds. The van der Waals surface area contributed by atoms with Gasteiger partial charge in [0.15, 0.2) is 0 Å². The summed E-state index contributed by atoms with van der Waals surface area (Å²) in [5.41, 5.74) is 0. The van der Waals surface area contributed by atoms with Gasteiger partial charge >= 0.3 is 0 Å². The molecule has 0 unspecified atom stereocenters. The fourth-order valence-electron chi connectivity index (χ4n) is 1.29. The summed E-state index contributed by atoms with van der Waals surface area (Å²) >= 11 is 0. The molecular formula is C12H19NO. The first-order valence-electron chi connectivity index (χ1n) is 5.26. The minimum atomic E-state index is 0.827. The maximum atomic E-state index is 5.57. The Kier molecular flexibility index (Phi) is 5.84. The lowest BCUT2D eigenvalue weighted by Gasteiger charge is -2.05. The van der Waals surface area contributed by atoms with Gasteiger partial charge in [-0.2, -0.15) is 0 Å². The third-order valence-electron chi connectivity index (χ3n) is 2.08. The number of hydrogen-bond acceptors (Lipinski definition) is 2. The number of rotatable bonds is 7. The van der Waals surface area contributed by atoms with E-state index < -0.39 is 0 Å². The summed E-state index contributed by atoms with van der Waals surface area (Å²) in [6.07, 6.45) is 3.60. The van der Waals surface area contributed by atoms with Gasteiger partial charge in [0, 0.05) is 0 Å². The van der Waals surface area contributed by atoms with E-state index in [-0.39, 0.29) is 0 Å². The number of unbranched alkanes of at least 4 members (excludes halogenated alkanes) is 2. The normalized spacial score (nSPS) is 10.1. The minimum Gasteiger partial charge on any atom is -0.494 e. The molecule has 2 heteroatoms. The van der Waals surface area contributed by atoms with Crippen LogP contribution in [0.1, 0.15) is 19.3 Å². The summed E-state index contributed by atoms with van der Waals surface area (Å²) in [4.78, 5) is 0. The molecule has 1 aromatic carbocycles. The Labute approximate surface area is 86.3 Å². The van der Waals surface area contributed by atoms with Crippen molar-refractivity contribution in [2.24, 2.45) is 0 Å². The average molecular weight is 193 g/mol. The molecule has 0 saturated carbocycles. The Morgan fingerprint density at radius 1 is 1.07 bits per heavy atom. The molecule has 0 bridgehead atoms. The smallest absolute Gasteiger partial charge is 0.119 e. The van der Waals surface area contributed by atoms with Crippen molar-refractivity contribution >= 4 is 0 Å². The van der Waals surface area contributed by atoms with Gasteiger partial charge in [-0.05, 0) is 45.0 Å². The monoisotopic (exact) mass is 193 g/mol. The second kappa shape index (κ2) is 7.39. The molecule has 0 heterocycles. The van der Waals surface area contributed by atoms with Gasteiger partial charge in [0.2, 0.25) is 0 Å². The highest BCUT2D eigenvalue weighted by Crippen LogP contribution is 2.08. The Balaban J connectivity index is 1.99. The fourth-order valence-corrected chi connectivity index (χ4v) is 1.29. The largest absolute Gasteiger partial charge is 0.494 e. The van der Waals surface area contributed by atoms with Crippen molar-refractivity contribution in [3.8, 4) is 5.75 Å². The SMILES string of the molecule is CNCCCCCOc1ccccc1.